The number of nitrogens with zero attached hydrogens (tertiary/aromatic N) is 2. The van der Waals surface area contributed by atoms with Crippen molar-refractivity contribution in [2.75, 3.05) is 0 Å². The summed E-state index contributed by atoms with van der Waals surface area (Å²) in [7, 11) is 0. The van der Waals surface area contributed by atoms with E-state index in [4.69, 9.17) is 5.11 Å². The van der Waals surface area contributed by atoms with Crippen LogP contribution < -0.4 is 5.69 Å². The maximum absolute atomic E-state index is 11.6. The fourth-order valence-corrected chi connectivity index (χ4v) is 3.93. The zero-order chi connectivity index (χ0) is 12.7. The molecule has 1 aromatic rings. The Bertz CT molecular complexity index is 520. The van der Waals surface area contributed by atoms with Gasteiger partial charge in [0.2, 0.25) is 0 Å². The molecule has 6 nitrogen and oxygen atoms in total. The summed E-state index contributed by atoms with van der Waals surface area (Å²) in [5, 5.41) is 16.3. The van der Waals surface area contributed by atoms with E-state index in [2.05, 4.69) is 10.2 Å². The maximum atomic E-state index is 11.6. The van der Waals surface area contributed by atoms with Crippen molar-refractivity contribution in [3.8, 4) is 0 Å². The number of carboxylic acid groups (broad SMARTS) is 1. The van der Waals surface area contributed by atoms with Crippen molar-refractivity contribution in [3.05, 3.63) is 10.5 Å². The van der Waals surface area contributed by atoms with Crippen LogP contribution in [0.1, 0.15) is 38.1 Å². The lowest BCUT2D eigenvalue weighted by molar-refractivity contribution is -0.141. The molecule has 2 atom stereocenters. The third-order valence-corrected chi connectivity index (χ3v) is 4.98. The Balaban J connectivity index is 1.80. The first kappa shape index (κ1) is 11.8. The highest BCUT2D eigenvalue weighted by atomic mass is 32.2. The molecule has 0 aliphatic heterocycles. The molecule has 2 aliphatic rings. The van der Waals surface area contributed by atoms with Crippen molar-refractivity contribution in [3.63, 3.8) is 0 Å². The third-order valence-electron chi connectivity index (χ3n) is 3.61. The fourth-order valence-electron chi connectivity index (χ4n) is 2.51. The van der Waals surface area contributed by atoms with Crippen LogP contribution in [0.3, 0.4) is 0 Å². The second-order valence-corrected chi connectivity index (χ2v) is 6.15. The van der Waals surface area contributed by atoms with Crippen LogP contribution in [-0.4, -0.2) is 31.1 Å². The first-order valence-electron chi connectivity index (χ1n) is 6.23. The summed E-state index contributed by atoms with van der Waals surface area (Å²) in [4.78, 5) is 22.8. The predicted molar refractivity (Wildman–Crippen MR) is 65.7 cm³/mol. The van der Waals surface area contributed by atoms with Gasteiger partial charge in [0.25, 0.3) is 0 Å². The molecule has 1 heterocycles. The van der Waals surface area contributed by atoms with Gasteiger partial charge in [0.15, 0.2) is 5.16 Å². The average Bonchev–Trinajstić information content (AvgIpc) is 2.93. The van der Waals surface area contributed by atoms with Crippen molar-refractivity contribution in [1.82, 2.24) is 14.8 Å². The van der Waals surface area contributed by atoms with Crippen LogP contribution in [0.5, 0.6) is 0 Å². The molecular formula is C11H15N3O3S. The lowest BCUT2D eigenvalue weighted by Crippen LogP contribution is -2.21. The normalized spacial score (nSPS) is 27.6. The maximum Gasteiger partial charge on any atom is 0.344 e. The Kier molecular flexibility index (Phi) is 2.93. The molecule has 0 amide bonds. The van der Waals surface area contributed by atoms with Gasteiger partial charge in [-0.05, 0) is 25.7 Å². The van der Waals surface area contributed by atoms with E-state index < -0.39 is 5.97 Å². The van der Waals surface area contributed by atoms with Crippen LogP contribution in [0.4, 0.5) is 0 Å². The number of aromatic nitrogens is 3. The number of H-pyrrole nitrogens is 1. The molecule has 2 fully saturated rings. The van der Waals surface area contributed by atoms with Gasteiger partial charge in [-0.15, -0.1) is 5.10 Å². The van der Waals surface area contributed by atoms with Crippen molar-refractivity contribution < 1.29 is 9.90 Å². The topological polar surface area (TPSA) is 88.0 Å². The molecule has 7 heteroatoms. The minimum Gasteiger partial charge on any atom is -0.481 e. The number of hydrogen-bond acceptors (Lipinski definition) is 4. The molecule has 0 saturated heterocycles. The molecule has 0 radical (unpaired) electrons. The average molecular weight is 269 g/mol. The largest absolute Gasteiger partial charge is 0.481 e. The monoisotopic (exact) mass is 269 g/mol. The highest BCUT2D eigenvalue weighted by Gasteiger charge is 2.36. The van der Waals surface area contributed by atoms with Gasteiger partial charge < -0.3 is 5.11 Å². The van der Waals surface area contributed by atoms with Crippen LogP contribution in [0.25, 0.3) is 0 Å². The van der Waals surface area contributed by atoms with Crippen molar-refractivity contribution in [1.29, 1.82) is 0 Å². The highest BCUT2D eigenvalue weighted by molar-refractivity contribution is 7.99. The number of thioether (sulfide) groups is 1. The van der Waals surface area contributed by atoms with Crippen LogP contribution in [0, 0.1) is 5.92 Å². The Morgan fingerprint density at radius 2 is 2.17 bits per heavy atom. The van der Waals surface area contributed by atoms with E-state index in [0.29, 0.717) is 5.16 Å². The Hall–Kier alpha value is -1.24. The zero-order valence-corrected chi connectivity index (χ0v) is 10.7. The second kappa shape index (κ2) is 4.46. The third kappa shape index (κ3) is 2.07. The number of aromatic amines is 1. The molecule has 0 bridgehead atoms. The molecular weight excluding hydrogens is 254 g/mol. The molecule has 2 saturated carbocycles. The molecule has 18 heavy (non-hydrogen) atoms. The second-order valence-electron chi connectivity index (χ2n) is 4.94. The molecule has 0 spiro atoms. The lowest BCUT2D eigenvalue weighted by atomic mass is 10.1. The Labute approximate surface area is 108 Å². The van der Waals surface area contributed by atoms with Crippen molar-refractivity contribution in [2.45, 2.75) is 48.6 Å². The first-order valence-corrected chi connectivity index (χ1v) is 7.11. The summed E-state index contributed by atoms with van der Waals surface area (Å²) in [6, 6.07) is 0.267. The fraction of sp³-hybridized carbons (Fsp3) is 0.727. The van der Waals surface area contributed by atoms with Crippen LogP contribution >= 0.6 is 11.8 Å². The Morgan fingerprint density at radius 3 is 2.83 bits per heavy atom. The van der Waals surface area contributed by atoms with Crippen LogP contribution in [0.2, 0.25) is 0 Å². The number of rotatable bonds is 4. The number of carboxylic acids is 1. The molecule has 3 rings (SSSR count). The summed E-state index contributed by atoms with van der Waals surface area (Å²) in [6.45, 7) is 0. The van der Waals surface area contributed by atoms with Gasteiger partial charge in [-0.3, -0.25) is 9.36 Å². The van der Waals surface area contributed by atoms with Gasteiger partial charge in [-0.25, -0.2) is 9.89 Å². The van der Waals surface area contributed by atoms with Gasteiger partial charge in [-0.1, -0.05) is 18.2 Å². The summed E-state index contributed by atoms with van der Waals surface area (Å²) in [5.41, 5.74) is -0.176. The highest BCUT2D eigenvalue weighted by Crippen LogP contribution is 2.41. The predicted octanol–water partition coefficient (Wildman–Crippen LogP) is 1.25. The quantitative estimate of drug-likeness (QED) is 0.859. The van der Waals surface area contributed by atoms with Crippen molar-refractivity contribution in [2.24, 2.45) is 5.92 Å². The standard InChI is InChI=1S/C11H15N3O3S/c15-9(16)7-2-1-3-8(7)18-11-13-12-10(17)14(11)6-4-5-6/h6-8H,1-5H2,(H,12,17)(H,15,16). The first-order chi connectivity index (χ1) is 8.66. The smallest absolute Gasteiger partial charge is 0.344 e. The van der Waals surface area contributed by atoms with E-state index >= 15 is 0 Å². The van der Waals surface area contributed by atoms with Gasteiger partial charge in [-0.2, -0.15) is 0 Å². The van der Waals surface area contributed by atoms with E-state index in [1.807, 2.05) is 0 Å². The van der Waals surface area contributed by atoms with Gasteiger partial charge in [0.05, 0.1) is 5.92 Å². The SMILES string of the molecule is O=C(O)C1CCCC1Sc1n[nH]c(=O)n1C1CC1. The van der Waals surface area contributed by atoms with E-state index in [9.17, 15) is 9.59 Å². The number of aliphatic carboxylic acids is 1. The molecule has 2 aliphatic carbocycles. The molecule has 2 N–H and O–H groups in total. The number of hydrogen-bond donors (Lipinski definition) is 2. The number of nitrogens with one attached hydrogen (secondary N) is 1. The summed E-state index contributed by atoms with van der Waals surface area (Å²) < 4.78 is 1.68. The molecule has 98 valence electrons. The van der Waals surface area contributed by atoms with E-state index in [1.54, 1.807) is 4.57 Å². The van der Waals surface area contributed by atoms with E-state index in [0.717, 1.165) is 32.1 Å². The Morgan fingerprint density at radius 1 is 1.39 bits per heavy atom. The molecule has 1 aromatic heterocycles. The van der Waals surface area contributed by atoms with Gasteiger partial charge >= 0.3 is 11.7 Å². The van der Waals surface area contributed by atoms with Crippen molar-refractivity contribution >= 4 is 17.7 Å². The number of carbonyl (C=O) groups is 1. The lowest BCUT2D eigenvalue weighted by Gasteiger charge is -2.14. The van der Waals surface area contributed by atoms with Gasteiger partial charge in [0.1, 0.15) is 0 Å². The van der Waals surface area contributed by atoms with Gasteiger partial charge in [0, 0.05) is 11.3 Å². The zero-order valence-electron chi connectivity index (χ0n) is 9.83. The van der Waals surface area contributed by atoms with E-state index in [-0.39, 0.29) is 22.9 Å². The minimum atomic E-state index is -0.735. The summed E-state index contributed by atoms with van der Waals surface area (Å²) >= 11 is 1.44. The molecule has 2 unspecified atom stereocenters. The summed E-state index contributed by atoms with van der Waals surface area (Å²) in [6.07, 6.45) is 4.57. The minimum absolute atomic E-state index is 0.0372. The van der Waals surface area contributed by atoms with E-state index in [1.165, 1.54) is 11.8 Å². The van der Waals surface area contributed by atoms with Crippen LogP contribution in [-0.2, 0) is 4.79 Å². The van der Waals surface area contributed by atoms with Crippen LogP contribution in [0.15, 0.2) is 9.95 Å². The molecule has 0 aromatic carbocycles. The summed E-state index contributed by atoms with van der Waals surface area (Å²) in [5.74, 6) is -1.05.